The maximum absolute atomic E-state index is 6.00. The molecule has 0 fully saturated rings. The van der Waals surface area contributed by atoms with E-state index in [9.17, 15) is 0 Å². The van der Waals surface area contributed by atoms with Crippen molar-refractivity contribution in [3.8, 4) is 0 Å². The van der Waals surface area contributed by atoms with E-state index in [1.54, 1.807) is 6.20 Å². The Kier molecular flexibility index (Phi) is 1.96. The van der Waals surface area contributed by atoms with Crippen molar-refractivity contribution >= 4 is 17.4 Å². The molecule has 0 spiro atoms. The molecular weight excluding hydrogens is 186 g/mol. The first-order valence-electron chi connectivity index (χ1n) is 4.22. The molecule has 2 aromatic rings. The molecule has 4 heteroatoms. The smallest absolute Gasteiger partial charge is 0.235 e. The lowest BCUT2D eigenvalue weighted by Crippen LogP contribution is -2.00. The number of imidazole rings is 1. The van der Waals surface area contributed by atoms with Crippen molar-refractivity contribution in [2.75, 3.05) is 0 Å². The second kappa shape index (κ2) is 3.00. The van der Waals surface area contributed by atoms with Gasteiger partial charge in [-0.3, -0.25) is 4.40 Å². The van der Waals surface area contributed by atoms with E-state index in [-0.39, 0.29) is 0 Å². The Labute approximate surface area is 81.4 Å². The van der Waals surface area contributed by atoms with Crippen molar-refractivity contribution in [1.82, 2.24) is 14.4 Å². The van der Waals surface area contributed by atoms with Gasteiger partial charge in [-0.05, 0) is 13.3 Å². The Hall–Kier alpha value is -1.09. The van der Waals surface area contributed by atoms with E-state index in [0.29, 0.717) is 10.9 Å². The fraction of sp³-hybridized carbons (Fsp3) is 0.333. The van der Waals surface area contributed by atoms with E-state index in [1.165, 1.54) is 0 Å². The van der Waals surface area contributed by atoms with E-state index in [4.69, 9.17) is 11.6 Å². The van der Waals surface area contributed by atoms with E-state index < -0.39 is 0 Å². The summed E-state index contributed by atoms with van der Waals surface area (Å²) in [4.78, 5) is 8.27. The van der Waals surface area contributed by atoms with Crippen LogP contribution in [0.5, 0.6) is 0 Å². The van der Waals surface area contributed by atoms with E-state index >= 15 is 0 Å². The number of hydrogen-bond donors (Lipinski definition) is 0. The zero-order chi connectivity index (χ0) is 9.42. The number of halogens is 1. The second-order valence-electron chi connectivity index (χ2n) is 2.92. The Morgan fingerprint density at radius 3 is 3.00 bits per heavy atom. The molecule has 2 aromatic heterocycles. The van der Waals surface area contributed by atoms with Gasteiger partial charge in [0.15, 0.2) is 0 Å². The summed E-state index contributed by atoms with van der Waals surface area (Å²) in [5.41, 5.74) is 2.21. The van der Waals surface area contributed by atoms with Gasteiger partial charge in [0.1, 0.15) is 5.15 Å². The lowest BCUT2D eigenvalue weighted by Gasteiger charge is -2.06. The molecule has 0 N–H and O–H groups in total. The molecule has 0 aliphatic rings. The number of aromatic nitrogens is 3. The Bertz CT molecular complexity index is 447. The number of hydrogen-bond acceptors (Lipinski definition) is 2. The summed E-state index contributed by atoms with van der Waals surface area (Å²) in [6, 6.07) is 0. The lowest BCUT2D eigenvalue weighted by molar-refractivity contribution is 0.964. The third-order valence-corrected chi connectivity index (χ3v) is 2.53. The fourth-order valence-corrected chi connectivity index (χ4v) is 1.84. The second-order valence-corrected chi connectivity index (χ2v) is 3.28. The molecule has 2 rings (SSSR count). The summed E-state index contributed by atoms with van der Waals surface area (Å²) in [6.45, 7) is 4.10. The van der Waals surface area contributed by atoms with E-state index in [0.717, 1.165) is 17.7 Å². The first-order valence-corrected chi connectivity index (χ1v) is 4.60. The third-order valence-electron chi connectivity index (χ3n) is 2.22. The Morgan fingerprint density at radius 2 is 2.31 bits per heavy atom. The largest absolute Gasteiger partial charge is 0.288 e. The van der Waals surface area contributed by atoms with Crippen molar-refractivity contribution in [3.63, 3.8) is 0 Å². The normalized spacial score (nSPS) is 11.0. The molecule has 13 heavy (non-hydrogen) atoms. The van der Waals surface area contributed by atoms with Crippen molar-refractivity contribution in [1.29, 1.82) is 0 Å². The van der Waals surface area contributed by atoms with Crippen LogP contribution in [0.15, 0.2) is 12.4 Å². The first kappa shape index (κ1) is 8.51. The Balaban J connectivity index is 2.85. The number of rotatable bonds is 1. The van der Waals surface area contributed by atoms with Crippen LogP contribution in [0.4, 0.5) is 0 Å². The standard InChI is InChI=1S/C9H10ClN3/c1-3-7-6(2)13-5-4-11-9(13)12-8(7)10/h4-5H,3H2,1-2H3. The summed E-state index contributed by atoms with van der Waals surface area (Å²) in [6.07, 6.45) is 4.52. The monoisotopic (exact) mass is 195 g/mol. The molecule has 0 saturated heterocycles. The molecule has 2 heterocycles. The zero-order valence-electron chi connectivity index (χ0n) is 7.58. The highest BCUT2D eigenvalue weighted by molar-refractivity contribution is 6.30. The molecule has 0 atom stereocenters. The van der Waals surface area contributed by atoms with Crippen LogP contribution in [0, 0.1) is 6.92 Å². The summed E-state index contributed by atoms with van der Waals surface area (Å²) in [5.74, 6) is 0.666. The molecule has 0 aromatic carbocycles. The minimum Gasteiger partial charge on any atom is -0.288 e. The Morgan fingerprint density at radius 1 is 1.54 bits per heavy atom. The molecule has 0 unspecified atom stereocenters. The van der Waals surface area contributed by atoms with Crippen LogP contribution in [0.3, 0.4) is 0 Å². The first-order chi connectivity index (χ1) is 6.24. The number of fused-ring (bicyclic) bond motifs is 1. The number of aryl methyl sites for hydroxylation is 1. The molecule has 0 aliphatic carbocycles. The lowest BCUT2D eigenvalue weighted by atomic mass is 10.2. The van der Waals surface area contributed by atoms with Crippen LogP contribution in [-0.2, 0) is 6.42 Å². The third kappa shape index (κ3) is 1.20. The van der Waals surface area contributed by atoms with Crippen LogP contribution < -0.4 is 0 Å². The molecular formula is C9H10ClN3. The summed E-state index contributed by atoms with van der Waals surface area (Å²) in [5, 5.41) is 0.568. The minimum absolute atomic E-state index is 0.568. The molecule has 3 nitrogen and oxygen atoms in total. The zero-order valence-corrected chi connectivity index (χ0v) is 8.34. The van der Waals surface area contributed by atoms with Gasteiger partial charge in [0.25, 0.3) is 0 Å². The molecule has 68 valence electrons. The maximum Gasteiger partial charge on any atom is 0.235 e. The number of nitrogens with zero attached hydrogens (tertiary/aromatic N) is 3. The highest BCUT2D eigenvalue weighted by atomic mass is 35.5. The molecule has 0 bridgehead atoms. The average Bonchev–Trinajstić information content (AvgIpc) is 2.53. The van der Waals surface area contributed by atoms with Gasteiger partial charge < -0.3 is 0 Å². The van der Waals surface area contributed by atoms with Crippen LogP contribution in [0.2, 0.25) is 5.15 Å². The van der Waals surface area contributed by atoms with Gasteiger partial charge in [-0.15, -0.1) is 0 Å². The summed E-state index contributed by atoms with van der Waals surface area (Å²) in [7, 11) is 0. The predicted molar refractivity (Wildman–Crippen MR) is 52.1 cm³/mol. The SMILES string of the molecule is CCc1c(Cl)nc2nccn2c1C. The predicted octanol–water partition coefficient (Wildman–Crippen LogP) is 2.25. The topological polar surface area (TPSA) is 30.2 Å². The van der Waals surface area contributed by atoms with Crippen molar-refractivity contribution in [3.05, 3.63) is 28.8 Å². The highest BCUT2D eigenvalue weighted by Gasteiger charge is 2.08. The van der Waals surface area contributed by atoms with Crippen molar-refractivity contribution in [2.24, 2.45) is 0 Å². The van der Waals surface area contributed by atoms with Gasteiger partial charge in [0.05, 0.1) is 0 Å². The van der Waals surface area contributed by atoms with Crippen LogP contribution in [0.25, 0.3) is 5.78 Å². The van der Waals surface area contributed by atoms with Crippen LogP contribution >= 0.6 is 11.6 Å². The van der Waals surface area contributed by atoms with E-state index in [1.807, 2.05) is 17.5 Å². The van der Waals surface area contributed by atoms with Crippen molar-refractivity contribution < 1.29 is 0 Å². The van der Waals surface area contributed by atoms with Gasteiger partial charge >= 0.3 is 0 Å². The van der Waals surface area contributed by atoms with Crippen molar-refractivity contribution in [2.45, 2.75) is 20.3 Å². The average molecular weight is 196 g/mol. The highest BCUT2D eigenvalue weighted by Crippen LogP contribution is 2.18. The molecule has 0 amide bonds. The molecule has 0 radical (unpaired) electrons. The molecule has 0 saturated carbocycles. The molecule has 0 aliphatic heterocycles. The minimum atomic E-state index is 0.568. The maximum atomic E-state index is 6.00. The fourth-order valence-electron chi connectivity index (χ4n) is 1.49. The van der Waals surface area contributed by atoms with Gasteiger partial charge in [-0.25, -0.2) is 9.97 Å². The van der Waals surface area contributed by atoms with E-state index in [2.05, 4.69) is 16.9 Å². The van der Waals surface area contributed by atoms with Gasteiger partial charge in [-0.1, -0.05) is 18.5 Å². The van der Waals surface area contributed by atoms with Gasteiger partial charge in [0, 0.05) is 23.7 Å². The summed E-state index contributed by atoms with van der Waals surface area (Å²) < 4.78 is 1.95. The van der Waals surface area contributed by atoms with Gasteiger partial charge in [-0.2, -0.15) is 0 Å². The van der Waals surface area contributed by atoms with Crippen LogP contribution in [-0.4, -0.2) is 14.4 Å². The summed E-state index contributed by atoms with van der Waals surface area (Å²) >= 11 is 6.00. The van der Waals surface area contributed by atoms with Gasteiger partial charge in [0.2, 0.25) is 5.78 Å². The van der Waals surface area contributed by atoms with Crippen LogP contribution in [0.1, 0.15) is 18.2 Å². The quantitative estimate of drug-likeness (QED) is 0.654.